The van der Waals surface area contributed by atoms with Crippen LogP contribution in [0.25, 0.3) is 0 Å². The molecule has 0 aromatic heterocycles. The van der Waals surface area contributed by atoms with E-state index < -0.39 is 16.3 Å². The number of benzene rings is 2. The third-order valence-corrected chi connectivity index (χ3v) is 10.3. The first-order valence-electron chi connectivity index (χ1n) is 14.0. The van der Waals surface area contributed by atoms with Crippen LogP contribution < -0.4 is 4.74 Å². The molecule has 41 heavy (non-hydrogen) atoms. The van der Waals surface area contributed by atoms with E-state index in [1.54, 1.807) is 17.0 Å². The lowest BCUT2D eigenvalue weighted by Gasteiger charge is -2.35. The molecule has 224 valence electrons. The number of hydrogen-bond acceptors (Lipinski definition) is 7. The molecule has 2 atom stereocenters. The predicted octanol–water partition coefficient (Wildman–Crippen LogP) is 4.50. The normalized spacial score (nSPS) is 19.9. The lowest BCUT2D eigenvalue weighted by Crippen LogP contribution is -2.41. The number of allylic oxidation sites excluding steroid dienone is 1. The van der Waals surface area contributed by atoms with Crippen molar-refractivity contribution in [1.29, 1.82) is 0 Å². The summed E-state index contributed by atoms with van der Waals surface area (Å²) in [6.45, 7) is -0.374. The monoisotopic (exact) mass is 698 g/mol. The summed E-state index contributed by atoms with van der Waals surface area (Å²) in [5.41, 5.74) is 1.05. The summed E-state index contributed by atoms with van der Waals surface area (Å²) >= 11 is 2.26. The number of carbonyl (C=O) groups excluding carboxylic acids is 1. The number of amides is 1. The molecule has 1 fully saturated rings. The zero-order valence-electron chi connectivity index (χ0n) is 23.6. The number of hydrogen-bond donors (Lipinski definition) is 1. The van der Waals surface area contributed by atoms with Crippen molar-refractivity contribution in [3.63, 3.8) is 0 Å². The lowest BCUT2D eigenvalue weighted by atomic mass is 9.92. The van der Waals surface area contributed by atoms with Crippen LogP contribution >= 0.6 is 22.6 Å². The maximum Gasteiger partial charge on any atom is 0.288 e. The van der Waals surface area contributed by atoms with Gasteiger partial charge in [0.05, 0.1) is 25.2 Å². The molecule has 2 aromatic rings. The van der Waals surface area contributed by atoms with Crippen molar-refractivity contribution in [2.24, 2.45) is 0 Å². The third-order valence-electron chi connectivity index (χ3n) is 7.70. The fourth-order valence-electron chi connectivity index (χ4n) is 5.31. The fourth-order valence-corrected chi connectivity index (χ4v) is 7.08. The molecule has 1 aliphatic heterocycles. The molecule has 0 unspecified atom stereocenters. The first kappa shape index (κ1) is 31.7. The van der Waals surface area contributed by atoms with Crippen LogP contribution in [-0.2, 0) is 24.3 Å². The molecule has 4 rings (SSSR count). The molecular formula is C30H39IN2O7S. The minimum atomic E-state index is -3.87. The Balaban J connectivity index is 1.47. The minimum absolute atomic E-state index is 0.0119. The van der Waals surface area contributed by atoms with E-state index in [0.29, 0.717) is 12.2 Å². The number of aliphatic hydroxyl groups is 1. The Labute approximate surface area is 256 Å². The molecule has 2 aliphatic rings. The van der Waals surface area contributed by atoms with Gasteiger partial charge in [0.2, 0.25) is 16.3 Å². The SMILES string of the molecule is COc1ccc(S(=O)(=O)N(CCO)CCO[C@@H]2C[C@H](c3ccc(I)cc3)C=C(C(=O)N(C)C3CCCCC3)O2)cc1. The highest BCUT2D eigenvalue weighted by Gasteiger charge is 2.33. The molecule has 1 amide bonds. The molecule has 0 radical (unpaired) electrons. The third kappa shape index (κ3) is 8.22. The molecule has 1 aliphatic carbocycles. The number of likely N-dealkylation sites (N-methyl/N-ethyl adjacent to an activating group) is 1. The Hall–Kier alpha value is -2.19. The molecule has 0 bridgehead atoms. The van der Waals surface area contributed by atoms with Crippen molar-refractivity contribution in [3.05, 3.63) is 69.5 Å². The highest BCUT2D eigenvalue weighted by atomic mass is 127. The van der Waals surface area contributed by atoms with Crippen LogP contribution in [0.5, 0.6) is 5.75 Å². The lowest BCUT2D eigenvalue weighted by molar-refractivity contribution is -0.153. The molecule has 0 saturated heterocycles. The Morgan fingerprint density at radius 3 is 2.37 bits per heavy atom. The van der Waals surface area contributed by atoms with Gasteiger partial charge in [-0.3, -0.25) is 4.79 Å². The number of nitrogens with zero attached hydrogens (tertiary/aromatic N) is 2. The average molecular weight is 699 g/mol. The summed E-state index contributed by atoms with van der Waals surface area (Å²) in [6, 6.07) is 14.4. The number of halogens is 1. The molecule has 2 aromatic carbocycles. The fraction of sp³-hybridized carbons (Fsp3) is 0.500. The molecule has 9 nitrogen and oxygen atoms in total. The van der Waals surface area contributed by atoms with Crippen molar-refractivity contribution in [3.8, 4) is 5.75 Å². The second-order valence-corrected chi connectivity index (χ2v) is 13.5. The number of aliphatic hydroxyl groups excluding tert-OH is 1. The Morgan fingerprint density at radius 2 is 1.73 bits per heavy atom. The van der Waals surface area contributed by atoms with Gasteiger partial charge in [-0.1, -0.05) is 31.4 Å². The summed E-state index contributed by atoms with van der Waals surface area (Å²) in [5.74, 6) is 0.548. The van der Waals surface area contributed by atoms with Crippen molar-refractivity contribution in [1.82, 2.24) is 9.21 Å². The van der Waals surface area contributed by atoms with Crippen LogP contribution in [0.2, 0.25) is 0 Å². The maximum absolute atomic E-state index is 13.5. The molecule has 1 heterocycles. The second-order valence-electron chi connectivity index (χ2n) is 10.4. The zero-order valence-corrected chi connectivity index (χ0v) is 26.6. The summed E-state index contributed by atoms with van der Waals surface area (Å²) < 4.78 is 46.1. The van der Waals surface area contributed by atoms with Gasteiger partial charge in [0, 0.05) is 42.1 Å². The van der Waals surface area contributed by atoms with Gasteiger partial charge in [0.25, 0.3) is 5.91 Å². The average Bonchev–Trinajstić information content (AvgIpc) is 3.00. The van der Waals surface area contributed by atoms with E-state index in [1.165, 1.54) is 30.0 Å². The van der Waals surface area contributed by atoms with Crippen LogP contribution in [0.1, 0.15) is 50.0 Å². The zero-order chi connectivity index (χ0) is 29.4. The number of rotatable bonds is 12. The van der Waals surface area contributed by atoms with Crippen molar-refractivity contribution in [2.75, 3.05) is 40.5 Å². The van der Waals surface area contributed by atoms with Gasteiger partial charge < -0.3 is 24.2 Å². The number of carbonyl (C=O) groups is 1. The summed E-state index contributed by atoms with van der Waals surface area (Å²) in [7, 11) is -0.524. The topological polar surface area (TPSA) is 106 Å². The Kier molecular flexibility index (Phi) is 11.5. The molecule has 1 N–H and O–H groups in total. The minimum Gasteiger partial charge on any atom is -0.497 e. The largest absolute Gasteiger partial charge is 0.497 e. The quantitative estimate of drug-likeness (QED) is 0.326. The van der Waals surface area contributed by atoms with E-state index in [2.05, 4.69) is 22.6 Å². The standard InChI is InChI=1S/C30H39IN2O7S/c1-32(25-6-4-3-5-7-25)30(35)28-20-23(22-8-10-24(31)11-9-22)21-29(40-28)39-19-17-33(16-18-34)41(36,37)27-14-12-26(38-2)13-15-27/h8-15,20,23,25,29,34H,3-7,16-19,21H2,1-2H3/t23-,29+/m1/s1. The van der Waals surface area contributed by atoms with Crippen LogP contribution in [0, 0.1) is 3.57 Å². The van der Waals surface area contributed by atoms with E-state index in [4.69, 9.17) is 14.2 Å². The molecule has 11 heteroatoms. The van der Waals surface area contributed by atoms with Gasteiger partial charge in [-0.15, -0.1) is 0 Å². The van der Waals surface area contributed by atoms with Gasteiger partial charge in [0.15, 0.2) is 5.76 Å². The number of sulfonamides is 1. The van der Waals surface area contributed by atoms with E-state index in [1.807, 2.05) is 37.4 Å². The van der Waals surface area contributed by atoms with Gasteiger partial charge in [0.1, 0.15) is 5.75 Å². The van der Waals surface area contributed by atoms with Gasteiger partial charge in [-0.2, -0.15) is 4.31 Å². The first-order valence-corrected chi connectivity index (χ1v) is 16.5. The highest BCUT2D eigenvalue weighted by molar-refractivity contribution is 14.1. The van der Waals surface area contributed by atoms with Crippen LogP contribution in [-0.4, -0.2) is 81.4 Å². The van der Waals surface area contributed by atoms with Crippen LogP contribution in [0.15, 0.2) is 65.3 Å². The smallest absolute Gasteiger partial charge is 0.288 e. The van der Waals surface area contributed by atoms with E-state index in [-0.39, 0.29) is 54.8 Å². The molecular weight excluding hydrogens is 659 g/mol. The summed E-state index contributed by atoms with van der Waals surface area (Å²) in [6.07, 6.45) is 7.03. The van der Waals surface area contributed by atoms with E-state index >= 15 is 0 Å². The van der Waals surface area contributed by atoms with Gasteiger partial charge in [-0.25, -0.2) is 8.42 Å². The predicted molar refractivity (Wildman–Crippen MR) is 164 cm³/mol. The van der Waals surface area contributed by atoms with Gasteiger partial charge in [-0.05, 0) is 83.5 Å². The Bertz CT molecular complexity index is 1280. The van der Waals surface area contributed by atoms with Crippen LogP contribution in [0.3, 0.4) is 0 Å². The second kappa shape index (κ2) is 14.8. The Morgan fingerprint density at radius 1 is 1.05 bits per heavy atom. The van der Waals surface area contributed by atoms with E-state index in [0.717, 1.165) is 34.8 Å². The van der Waals surface area contributed by atoms with E-state index in [9.17, 15) is 18.3 Å². The van der Waals surface area contributed by atoms with Crippen LogP contribution in [0.4, 0.5) is 0 Å². The summed E-state index contributed by atoms with van der Waals surface area (Å²) in [5, 5.41) is 9.57. The molecule has 1 saturated carbocycles. The number of ether oxygens (including phenoxy) is 3. The first-order chi connectivity index (χ1) is 19.7. The number of methoxy groups -OCH3 is 1. The maximum atomic E-state index is 13.5. The van der Waals surface area contributed by atoms with Crippen molar-refractivity contribution >= 4 is 38.5 Å². The van der Waals surface area contributed by atoms with Crippen molar-refractivity contribution in [2.45, 2.75) is 61.7 Å². The summed E-state index contributed by atoms with van der Waals surface area (Å²) in [4.78, 5) is 15.4. The molecule has 0 spiro atoms. The highest BCUT2D eigenvalue weighted by Crippen LogP contribution is 2.33. The van der Waals surface area contributed by atoms with Crippen molar-refractivity contribution < 1.29 is 32.5 Å². The van der Waals surface area contributed by atoms with Gasteiger partial charge >= 0.3 is 0 Å².